The van der Waals surface area contributed by atoms with Crippen LogP contribution in [0.5, 0.6) is 0 Å². The molecule has 1 amide bonds. The third-order valence-corrected chi connectivity index (χ3v) is 3.50. The molecule has 0 saturated carbocycles. The van der Waals surface area contributed by atoms with Crippen molar-refractivity contribution in [2.24, 2.45) is 0 Å². The van der Waals surface area contributed by atoms with Gasteiger partial charge in [0.25, 0.3) is 0 Å². The van der Waals surface area contributed by atoms with Crippen molar-refractivity contribution in [1.82, 2.24) is 4.90 Å². The third kappa shape index (κ3) is 5.56. The SMILES string of the molecule is C=CN1CC(CCCCCCCCCC)OC1=O. The zero-order chi connectivity index (χ0) is 13.2. The molecule has 0 spiro atoms. The molecular weight excluding hydrogens is 226 g/mol. The summed E-state index contributed by atoms with van der Waals surface area (Å²) in [5.74, 6) is 0. The molecule has 3 heteroatoms. The molecule has 3 nitrogen and oxygen atoms in total. The van der Waals surface area contributed by atoms with Crippen LogP contribution in [0.4, 0.5) is 4.79 Å². The van der Waals surface area contributed by atoms with Crippen molar-refractivity contribution in [2.45, 2.75) is 70.8 Å². The van der Waals surface area contributed by atoms with Crippen molar-refractivity contribution in [3.63, 3.8) is 0 Å². The average Bonchev–Trinajstić information content (AvgIpc) is 2.73. The maximum Gasteiger partial charge on any atom is 0.414 e. The van der Waals surface area contributed by atoms with Gasteiger partial charge in [-0.05, 0) is 12.8 Å². The van der Waals surface area contributed by atoms with Gasteiger partial charge in [0.05, 0.1) is 6.54 Å². The van der Waals surface area contributed by atoms with Crippen LogP contribution in [-0.2, 0) is 4.74 Å². The molecule has 0 aliphatic carbocycles. The lowest BCUT2D eigenvalue weighted by Crippen LogP contribution is -2.17. The molecule has 1 unspecified atom stereocenters. The molecule has 1 heterocycles. The van der Waals surface area contributed by atoms with Gasteiger partial charge in [-0.1, -0.05) is 58.4 Å². The number of carbonyl (C=O) groups excluding carboxylic acids is 1. The molecule has 18 heavy (non-hydrogen) atoms. The van der Waals surface area contributed by atoms with Gasteiger partial charge in [-0.25, -0.2) is 4.79 Å². The van der Waals surface area contributed by atoms with Crippen LogP contribution in [0, 0.1) is 0 Å². The Morgan fingerprint density at radius 3 is 2.39 bits per heavy atom. The molecular formula is C15H27NO2. The van der Waals surface area contributed by atoms with E-state index >= 15 is 0 Å². The van der Waals surface area contributed by atoms with E-state index in [0.717, 1.165) is 12.8 Å². The molecule has 0 aromatic heterocycles. The Hall–Kier alpha value is -0.990. The normalized spacial score (nSPS) is 19.1. The first-order valence-electron chi connectivity index (χ1n) is 7.37. The summed E-state index contributed by atoms with van der Waals surface area (Å²) in [5, 5.41) is 0. The lowest BCUT2D eigenvalue weighted by atomic mass is 10.1. The molecule has 0 aromatic rings. The molecule has 1 aliphatic rings. The quantitative estimate of drug-likeness (QED) is 0.537. The zero-order valence-corrected chi connectivity index (χ0v) is 11.7. The van der Waals surface area contributed by atoms with E-state index in [0.29, 0.717) is 6.54 Å². The monoisotopic (exact) mass is 253 g/mol. The lowest BCUT2D eigenvalue weighted by Gasteiger charge is -2.07. The fourth-order valence-corrected chi connectivity index (χ4v) is 2.35. The van der Waals surface area contributed by atoms with Crippen molar-refractivity contribution < 1.29 is 9.53 Å². The minimum atomic E-state index is -0.241. The van der Waals surface area contributed by atoms with Crippen molar-refractivity contribution >= 4 is 6.09 Å². The molecule has 0 radical (unpaired) electrons. The summed E-state index contributed by atoms with van der Waals surface area (Å²) in [6.45, 7) is 6.52. The first kappa shape index (κ1) is 15.1. The van der Waals surface area contributed by atoms with Gasteiger partial charge in [-0.15, -0.1) is 0 Å². The second kappa shape index (κ2) is 9.01. The van der Waals surface area contributed by atoms with Crippen molar-refractivity contribution in [3.8, 4) is 0 Å². The fourth-order valence-electron chi connectivity index (χ4n) is 2.35. The predicted octanol–water partition coefficient (Wildman–Crippen LogP) is 4.48. The minimum absolute atomic E-state index is 0.0793. The number of cyclic esters (lactones) is 1. The minimum Gasteiger partial charge on any atom is -0.444 e. The van der Waals surface area contributed by atoms with Crippen molar-refractivity contribution in [1.29, 1.82) is 0 Å². The standard InChI is InChI=1S/C15H27NO2/c1-3-5-6-7-8-9-10-11-12-14-13-16(4-2)15(17)18-14/h4,14H,2-3,5-13H2,1H3. The maximum atomic E-state index is 11.3. The highest BCUT2D eigenvalue weighted by molar-refractivity contribution is 5.70. The van der Waals surface area contributed by atoms with E-state index in [1.54, 1.807) is 11.1 Å². The smallest absolute Gasteiger partial charge is 0.414 e. The second-order valence-electron chi connectivity index (χ2n) is 5.10. The van der Waals surface area contributed by atoms with Crippen LogP contribution in [0.25, 0.3) is 0 Å². The molecule has 0 N–H and O–H groups in total. The van der Waals surface area contributed by atoms with Crippen LogP contribution in [0.15, 0.2) is 12.8 Å². The third-order valence-electron chi connectivity index (χ3n) is 3.50. The van der Waals surface area contributed by atoms with E-state index in [-0.39, 0.29) is 12.2 Å². The molecule has 1 fully saturated rings. The Kier molecular flexibility index (Phi) is 7.54. The molecule has 0 bridgehead atoms. The number of rotatable bonds is 10. The molecule has 1 atom stereocenters. The number of carbonyl (C=O) groups is 1. The van der Waals surface area contributed by atoms with Crippen LogP contribution in [0.3, 0.4) is 0 Å². The zero-order valence-electron chi connectivity index (χ0n) is 11.7. The van der Waals surface area contributed by atoms with E-state index in [1.807, 2.05) is 0 Å². The number of hydrogen-bond donors (Lipinski definition) is 0. The summed E-state index contributed by atoms with van der Waals surface area (Å²) in [4.78, 5) is 12.8. The summed E-state index contributed by atoms with van der Waals surface area (Å²) >= 11 is 0. The van der Waals surface area contributed by atoms with Gasteiger partial charge < -0.3 is 4.74 Å². The van der Waals surface area contributed by atoms with Crippen LogP contribution in [0.1, 0.15) is 64.7 Å². The van der Waals surface area contributed by atoms with Gasteiger partial charge in [0, 0.05) is 6.20 Å². The van der Waals surface area contributed by atoms with Gasteiger partial charge in [0.2, 0.25) is 0 Å². The first-order chi connectivity index (χ1) is 8.77. The van der Waals surface area contributed by atoms with Crippen LogP contribution >= 0.6 is 0 Å². The van der Waals surface area contributed by atoms with Gasteiger partial charge in [0.15, 0.2) is 0 Å². The Bertz CT molecular complexity index is 253. The van der Waals surface area contributed by atoms with Gasteiger partial charge >= 0.3 is 6.09 Å². The van der Waals surface area contributed by atoms with Gasteiger partial charge in [-0.2, -0.15) is 0 Å². The Morgan fingerprint density at radius 2 is 1.83 bits per heavy atom. The van der Waals surface area contributed by atoms with E-state index in [9.17, 15) is 4.79 Å². The summed E-state index contributed by atoms with van der Waals surface area (Å²) in [7, 11) is 0. The Morgan fingerprint density at radius 1 is 1.22 bits per heavy atom. The summed E-state index contributed by atoms with van der Waals surface area (Å²) in [5.41, 5.74) is 0. The number of nitrogens with zero attached hydrogens (tertiary/aromatic N) is 1. The highest BCUT2D eigenvalue weighted by Crippen LogP contribution is 2.17. The number of ether oxygens (including phenoxy) is 1. The van der Waals surface area contributed by atoms with Crippen LogP contribution in [-0.4, -0.2) is 23.6 Å². The summed E-state index contributed by atoms with van der Waals surface area (Å²) < 4.78 is 5.24. The second-order valence-corrected chi connectivity index (χ2v) is 5.10. The van der Waals surface area contributed by atoms with Crippen LogP contribution < -0.4 is 0 Å². The Balaban J connectivity index is 1.92. The molecule has 1 aliphatic heterocycles. The number of hydrogen-bond acceptors (Lipinski definition) is 2. The largest absolute Gasteiger partial charge is 0.444 e. The molecule has 1 saturated heterocycles. The van der Waals surface area contributed by atoms with Gasteiger partial charge in [0.1, 0.15) is 6.10 Å². The van der Waals surface area contributed by atoms with E-state index in [2.05, 4.69) is 13.5 Å². The molecule has 104 valence electrons. The molecule has 0 aromatic carbocycles. The van der Waals surface area contributed by atoms with E-state index in [1.165, 1.54) is 44.9 Å². The van der Waals surface area contributed by atoms with Gasteiger partial charge in [-0.3, -0.25) is 4.90 Å². The lowest BCUT2D eigenvalue weighted by molar-refractivity contribution is 0.130. The highest BCUT2D eigenvalue weighted by Gasteiger charge is 2.28. The van der Waals surface area contributed by atoms with Crippen molar-refractivity contribution in [3.05, 3.63) is 12.8 Å². The topological polar surface area (TPSA) is 29.5 Å². The average molecular weight is 253 g/mol. The number of amides is 1. The maximum absolute atomic E-state index is 11.3. The first-order valence-corrected chi connectivity index (χ1v) is 7.37. The number of unbranched alkanes of at least 4 members (excludes halogenated alkanes) is 7. The van der Waals surface area contributed by atoms with Crippen LogP contribution in [0.2, 0.25) is 0 Å². The fraction of sp³-hybridized carbons (Fsp3) is 0.800. The predicted molar refractivity (Wildman–Crippen MR) is 74.4 cm³/mol. The van der Waals surface area contributed by atoms with Crippen molar-refractivity contribution in [2.75, 3.05) is 6.54 Å². The summed E-state index contributed by atoms with van der Waals surface area (Å²) in [6, 6.07) is 0. The van der Waals surface area contributed by atoms with E-state index in [4.69, 9.17) is 4.74 Å². The highest BCUT2D eigenvalue weighted by atomic mass is 16.6. The summed E-state index contributed by atoms with van der Waals surface area (Å²) in [6.07, 6.45) is 12.9. The van der Waals surface area contributed by atoms with E-state index < -0.39 is 0 Å². The Labute approximate surface area is 111 Å². The molecule has 1 rings (SSSR count).